The maximum Gasteiger partial charge on any atom is 0.319 e. The van der Waals surface area contributed by atoms with Gasteiger partial charge in [-0.2, -0.15) is 0 Å². The van der Waals surface area contributed by atoms with Crippen LogP contribution >= 0.6 is 11.8 Å². The van der Waals surface area contributed by atoms with E-state index in [2.05, 4.69) is 9.47 Å². The Balaban J connectivity index is 5.17. The number of methoxy groups -OCH3 is 5. The van der Waals surface area contributed by atoms with Crippen molar-refractivity contribution >= 4 is 40.8 Å². The first-order valence-electron chi connectivity index (χ1n) is 11.4. The Bertz CT molecular complexity index is 693. The second-order valence-electron chi connectivity index (χ2n) is 7.54. The average molecular weight is 554 g/mol. The van der Waals surface area contributed by atoms with Crippen LogP contribution in [0.3, 0.4) is 0 Å². The first-order chi connectivity index (χ1) is 17.7. The van der Waals surface area contributed by atoms with Crippen molar-refractivity contribution in [3.05, 3.63) is 0 Å². The molecule has 0 saturated heterocycles. The summed E-state index contributed by atoms with van der Waals surface area (Å²) in [6, 6.07) is 0. The molecular formula is C22H39N3O11S. The molecule has 214 valence electrons. The summed E-state index contributed by atoms with van der Waals surface area (Å²) >= 11 is 0.976. The van der Waals surface area contributed by atoms with Crippen LogP contribution in [0.1, 0.15) is 0 Å². The summed E-state index contributed by atoms with van der Waals surface area (Å²) in [5.41, 5.74) is 0. The van der Waals surface area contributed by atoms with Gasteiger partial charge in [0, 0.05) is 33.3 Å². The fourth-order valence-electron chi connectivity index (χ4n) is 2.79. The minimum Gasteiger partial charge on any atom is -0.468 e. The van der Waals surface area contributed by atoms with Gasteiger partial charge in [0.25, 0.3) is 0 Å². The zero-order valence-corrected chi connectivity index (χ0v) is 23.0. The third-order valence-electron chi connectivity index (χ3n) is 4.87. The van der Waals surface area contributed by atoms with E-state index in [-0.39, 0.29) is 70.0 Å². The summed E-state index contributed by atoms with van der Waals surface area (Å²) < 4.78 is 29.0. The van der Waals surface area contributed by atoms with Crippen molar-refractivity contribution in [1.29, 1.82) is 0 Å². The van der Waals surface area contributed by atoms with Crippen molar-refractivity contribution in [1.82, 2.24) is 14.7 Å². The van der Waals surface area contributed by atoms with Gasteiger partial charge in [-0.1, -0.05) is 11.8 Å². The summed E-state index contributed by atoms with van der Waals surface area (Å²) in [5.74, 6) is -1.92. The molecule has 0 aromatic heterocycles. The molecule has 0 radical (unpaired) electrons. The molecule has 0 fully saturated rings. The van der Waals surface area contributed by atoms with Crippen LogP contribution < -0.4 is 0 Å². The van der Waals surface area contributed by atoms with E-state index in [1.165, 1.54) is 33.3 Å². The van der Waals surface area contributed by atoms with Gasteiger partial charge in [0.2, 0.25) is 5.12 Å². The highest BCUT2D eigenvalue weighted by atomic mass is 32.2. The van der Waals surface area contributed by atoms with E-state index in [0.29, 0.717) is 13.2 Å². The Morgan fingerprint density at radius 2 is 0.919 bits per heavy atom. The number of rotatable bonds is 21. The van der Waals surface area contributed by atoms with E-state index in [0.717, 1.165) is 11.8 Å². The van der Waals surface area contributed by atoms with E-state index in [9.17, 15) is 24.0 Å². The molecule has 0 N–H and O–H groups in total. The number of esters is 4. The second kappa shape index (κ2) is 21.8. The summed E-state index contributed by atoms with van der Waals surface area (Å²) in [5, 5.41) is -0.205. The van der Waals surface area contributed by atoms with Gasteiger partial charge in [-0.25, -0.2) is 0 Å². The van der Waals surface area contributed by atoms with Gasteiger partial charge in [0.1, 0.15) is 0 Å². The topological polar surface area (TPSA) is 150 Å². The fraction of sp³-hybridized carbons (Fsp3) is 0.773. The van der Waals surface area contributed by atoms with Gasteiger partial charge in [-0.15, -0.1) is 0 Å². The molecule has 0 bridgehead atoms. The molecule has 0 aromatic carbocycles. The molecule has 15 heteroatoms. The predicted octanol–water partition coefficient (Wildman–Crippen LogP) is -1.54. The molecular weight excluding hydrogens is 514 g/mol. The average Bonchev–Trinajstić information content (AvgIpc) is 2.88. The Hall–Kier alpha value is -2.30. The number of nitrogens with zero attached hydrogens (tertiary/aromatic N) is 3. The zero-order valence-electron chi connectivity index (χ0n) is 22.2. The van der Waals surface area contributed by atoms with E-state index in [4.69, 9.17) is 18.9 Å². The lowest BCUT2D eigenvalue weighted by atomic mass is 10.3. The summed E-state index contributed by atoms with van der Waals surface area (Å²) in [7, 11) is 6.54. The third-order valence-corrected chi connectivity index (χ3v) is 5.61. The molecule has 0 unspecified atom stereocenters. The SMILES string of the molecule is COCCOCSC(=O)CN(CCN(CCN(CC(=O)OC)CC(=O)OC)CC(=O)OC)CC(=O)OC. The Morgan fingerprint density at radius 1 is 0.541 bits per heavy atom. The fourth-order valence-corrected chi connectivity index (χ4v) is 3.40. The Kier molecular flexibility index (Phi) is 20.4. The van der Waals surface area contributed by atoms with Gasteiger partial charge in [-0.05, 0) is 0 Å². The van der Waals surface area contributed by atoms with Crippen LogP contribution in [0.5, 0.6) is 0 Å². The van der Waals surface area contributed by atoms with Crippen LogP contribution in [-0.2, 0) is 52.4 Å². The minimum atomic E-state index is -0.533. The van der Waals surface area contributed by atoms with Gasteiger partial charge in [0.05, 0.1) is 80.3 Å². The van der Waals surface area contributed by atoms with Gasteiger partial charge in [0.15, 0.2) is 0 Å². The summed E-state index contributed by atoms with van der Waals surface area (Å²) in [6.45, 7) is 1.24. The molecule has 0 aromatic rings. The normalized spacial score (nSPS) is 11.0. The first kappa shape index (κ1) is 34.7. The van der Waals surface area contributed by atoms with Crippen molar-refractivity contribution in [3.8, 4) is 0 Å². The molecule has 0 amide bonds. The van der Waals surface area contributed by atoms with Crippen LogP contribution in [0.15, 0.2) is 0 Å². The zero-order chi connectivity index (χ0) is 28.1. The van der Waals surface area contributed by atoms with Crippen LogP contribution in [0, 0.1) is 0 Å². The van der Waals surface area contributed by atoms with Crippen molar-refractivity contribution in [2.45, 2.75) is 0 Å². The standard InChI is InChI=1S/C22H39N3O11S/c1-31-10-11-36-17-37-22(30)16-25(15-21(29)35-5)9-7-23(12-18(26)32-2)6-8-24(13-19(27)33-3)14-20(28)34-4/h6-17H2,1-5H3. The maximum atomic E-state index is 12.4. The monoisotopic (exact) mass is 553 g/mol. The highest BCUT2D eigenvalue weighted by Gasteiger charge is 2.21. The number of carbonyl (C=O) groups is 5. The highest BCUT2D eigenvalue weighted by molar-refractivity contribution is 8.13. The third kappa shape index (κ3) is 18.6. The van der Waals surface area contributed by atoms with Crippen LogP contribution in [0.2, 0.25) is 0 Å². The van der Waals surface area contributed by atoms with Crippen molar-refractivity contribution in [2.24, 2.45) is 0 Å². The van der Waals surface area contributed by atoms with Crippen molar-refractivity contribution in [2.75, 3.05) is 114 Å². The largest absolute Gasteiger partial charge is 0.468 e. The van der Waals surface area contributed by atoms with E-state index >= 15 is 0 Å². The van der Waals surface area contributed by atoms with Crippen LogP contribution in [0.4, 0.5) is 0 Å². The molecule has 0 atom stereocenters. The molecule has 37 heavy (non-hydrogen) atoms. The molecule has 0 heterocycles. The van der Waals surface area contributed by atoms with E-state index in [1.54, 1.807) is 16.9 Å². The molecule has 0 saturated carbocycles. The minimum absolute atomic E-state index is 0.0454. The Labute approximate surface area is 221 Å². The number of hydrogen-bond acceptors (Lipinski definition) is 15. The molecule has 0 rings (SSSR count). The predicted molar refractivity (Wildman–Crippen MR) is 133 cm³/mol. The van der Waals surface area contributed by atoms with Crippen molar-refractivity contribution in [3.63, 3.8) is 0 Å². The second-order valence-corrected chi connectivity index (χ2v) is 8.52. The lowest BCUT2D eigenvalue weighted by molar-refractivity contribution is -0.146. The Morgan fingerprint density at radius 3 is 1.32 bits per heavy atom. The molecule has 0 spiro atoms. The number of carbonyl (C=O) groups excluding carboxylic acids is 5. The quantitative estimate of drug-likeness (QED) is 0.0699. The number of thioether (sulfide) groups is 1. The lowest BCUT2D eigenvalue weighted by Crippen LogP contribution is -2.45. The molecule has 0 aliphatic carbocycles. The summed E-state index contributed by atoms with van der Waals surface area (Å²) in [6.07, 6.45) is 0. The van der Waals surface area contributed by atoms with Crippen LogP contribution in [0.25, 0.3) is 0 Å². The molecule has 0 aliphatic heterocycles. The highest BCUT2D eigenvalue weighted by Crippen LogP contribution is 2.06. The van der Waals surface area contributed by atoms with Gasteiger partial charge >= 0.3 is 23.9 Å². The van der Waals surface area contributed by atoms with E-state index < -0.39 is 23.9 Å². The molecule has 14 nitrogen and oxygen atoms in total. The lowest BCUT2D eigenvalue weighted by Gasteiger charge is -2.28. The smallest absolute Gasteiger partial charge is 0.319 e. The van der Waals surface area contributed by atoms with Gasteiger partial charge in [-0.3, -0.25) is 38.7 Å². The first-order valence-corrected chi connectivity index (χ1v) is 12.3. The van der Waals surface area contributed by atoms with Crippen LogP contribution in [-0.4, -0.2) is 157 Å². The number of hydrogen-bond donors (Lipinski definition) is 0. The number of ether oxygens (including phenoxy) is 6. The van der Waals surface area contributed by atoms with Crippen molar-refractivity contribution < 1.29 is 52.4 Å². The van der Waals surface area contributed by atoms with E-state index in [1.807, 2.05) is 0 Å². The maximum absolute atomic E-state index is 12.4. The molecule has 0 aliphatic rings. The summed E-state index contributed by atoms with van der Waals surface area (Å²) in [4.78, 5) is 64.5. The van der Waals surface area contributed by atoms with Gasteiger partial charge < -0.3 is 28.4 Å².